The van der Waals surface area contributed by atoms with E-state index >= 15 is 0 Å². The van der Waals surface area contributed by atoms with E-state index in [-0.39, 0.29) is 12.3 Å². The molecular formula is C12H16INO4S. The Morgan fingerprint density at radius 1 is 1.37 bits per heavy atom. The molecule has 1 aromatic rings. The second kappa shape index (κ2) is 7.81. The van der Waals surface area contributed by atoms with E-state index in [1.807, 2.05) is 52.9 Å². The average molecular weight is 397 g/mol. The van der Waals surface area contributed by atoms with E-state index in [0.29, 0.717) is 6.42 Å². The summed E-state index contributed by atoms with van der Waals surface area (Å²) in [5.74, 6) is -0.437. The van der Waals surface area contributed by atoms with Crippen LogP contribution in [0.25, 0.3) is 0 Å². The van der Waals surface area contributed by atoms with Gasteiger partial charge in [-0.3, -0.25) is 4.79 Å². The molecule has 0 aliphatic rings. The first-order valence-electron chi connectivity index (χ1n) is 5.68. The fourth-order valence-corrected chi connectivity index (χ4v) is 3.22. The molecule has 1 unspecified atom stereocenters. The lowest BCUT2D eigenvalue weighted by atomic mass is 10.2. The molecule has 0 spiro atoms. The normalized spacial score (nSPS) is 12.9. The molecule has 7 heteroatoms. The molecule has 0 aliphatic carbocycles. The smallest absolute Gasteiger partial charge is 0.319 e. The molecule has 0 radical (unpaired) electrons. The van der Waals surface area contributed by atoms with Crippen LogP contribution in [0.2, 0.25) is 0 Å². The van der Waals surface area contributed by atoms with Gasteiger partial charge in [-0.05, 0) is 12.0 Å². The average Bonchev–Trinajstić information content (AvgIpc) is 2.43. The monoisotopic (exact) mass is 397 g/mol. The van der Waals surface area contributed by atoms with Crippen molar-refractivity contribution in [1.82, 2.24) is 4.72 Å². The number of carbonyl (C=O) groups excluding carboxylic acids is 1. The molecule has 0 saturated carbocycles. The Hall–Kier alpha value is -0.670. The zero-order valence-electron chi connectivity index (χ0n) is 10.5. The number of sulfonamides is 1. The van der Waals surface area contributed by atoms with Gasteiger partial charge in [-0.25, -0.2) is 13.1 Å². The zero-order valence-corrected chi connectivity index (χ0v) is 13.5. The lowest BCUT2D eigenvalue weighted by Gasteiger charge is -2.10. The van der Waals surface area contributed by atoms with Gasteiger partial charge >= 0.3 is 5.97 Å². The molecule has 1 aromatic carbocycles. The maximum atomic E-state index is 11.8. The summed E-state index contributed by atoms with van der Waals surface area (Å²) in [5.41, 5.74) is 0.965. The first-order chi connectivity index (χ1) is 8.94. The molecule has 1 rings (SSSR count). The highest BCUT2D eigenvalue weighted by Crippen LogP contribution is 2.04. The van der Waals surface area contributed by atoms with Crippen molar-refractivity contribution in [3.05, 3.63) is 35.9 Å². The number of rotatable bonds is 7. The summed E-state index contributed by atoms with van der Waals surface area (Å²) < 4.78 is 29.9. The summed E-state index contributed by atoms with van der Waals surface area (Å²) in [7, 11) is -2.10. The molecule has 19 heavy (non-hydrogen) atoms. The quantitative estimate of drug-likeness (QED) is 0.425. The number of hydrogen-bond donors (Lipinski definition) is 1. The van der Waals surface area contributed by atoms with Gasteiger partial charge in [-0.2, -0.15) is 0 Å². The number of ether oxygens (including phenoxy) is 1. The minimum Gasteiger partial charge on any atom is -0.468 e. The number of methoxy groups -OCH3 is 1. The molecule has 0 heterocycles. The largest absolute Gasteiger partial charge is 0.468 e. The third kappa shape index (κ3) is 6.35. The van der Waals surface area contributed by atoms with E-state index in [0.717, 1.165) is 5.56 Å². The SMILES string of the molecule is COC(=O)C(I)CNS(=O)(=O)CCc1ccccc1. The van der Waals surface area contributed by atoms with E-state index in [2.05, 4.69) is 9.46 Å². The van der Waals surface area contributed by atoms with Gasteiger partial charge in [0.2, 0.25) is 10.0 Å². The lowest BCUT2D eigenvalue weighted by molar-refractivity contribution is -0.139. The van der Waals surface area contributed by atoms with E-state index in [9.17, 15) is 13.2 Å². The van der Waals surface area contributed by atoms with E-state index in [1.165, 1.54) is 7.11 Å². The molecular weight excluding hydrogens is 381 g/mol. The molecule has 5 nitrogen and oxygen atoms in total. The minimum absolute atomic E-state index is 0.00153. The van der Waals surface area contributed by atoms with Crippen LogP contribution < -0.4 is 4.72 Å². The summed E-state index contributed by atoms with van der Waals surface area (Å²) in [6.07, 6.45) is 0.445. The van der Waals surface area contributed by atoms with E-state index in [1.54, 1.807) is 0 Å². The van der Waals surface area contributed by atoms with Crippen LogP contribution in [0, 0.1) is 0 Å². The van der Waals surface area contributed by atoms with Gasteiger partial charge < -0.3 is 4.74 Å². The molecule has 0 aromatic heterocycles. The highest BCUT2D eigenvalue weighted by atomic mass is 127. The predicted octanol–water partition coefficient (Wildman–Crippen LogP) is 1.13. The Balaban J connectivity index is 2.42. The zero-order chi connectivity index (χ0) is 14.3. The third-order valence-corrected chi connectivity index (χ3v) is 4.74. The van der Waals surface area contributed by atoms with Gasteiger partial charge in [-0.15, -0.1) is 0 Å². The Bertz CT molecular complexity index is 504. The second-order valence-corrected chi connectivity index (χ2v) is 7.32. The number of nitrogens with one attached hydrogen (secondary N) is 1. The second-order valence-electron chi connectivity index (χ2n) is 3.89. The highest BCUT2D eigenvalue weighted by molar-refractivity contribution is 14.1. The number of hydrogen-bond acceptors (Lipinski definition) is 4. The van der Waals surface area contributed by atoms with Crippen LogP contribution in [0.15, 0.2) is 30.3 Å². The minimum atomic E-state index is -3.38. The number of alkyl halides is 1. The predicted molar refractivity (Wildman–Crippen MR) is 81.8 cm³/mol. The third-order valence-electron chi connectivity index (χ3n) is 2.44. The van der Waals surface area contributed by atoms with E-state index in [4.69, 9.17) is 0 Å². The molecule has 1 atom stereocenters. The van der Waals surface area contributed by atoms with Crippen LogP contribution in [0.1, 0.15) is 5.56 Å². The van der Waals surface area contributed by atoms with Crippen molar-refractivity contribution < 1.29 is 17.9 Å². The number of carbonyl (C=O) groups is 1. The number of aryl methyl sites for hydroxylation is 1. The van der Waals surface area contributed by atoms with Crippen molar-refractivity contribution in [2.45, 2.75) is 10.3 Å². The first-order valence-corrected chi connectivity index (χ1v) is 8.57. The van der Waals surface area contributed by atoms with Gasteiger partial charge in [0.1, 0.15) is 3.92 Å². The van der Waals surface area contributed by atoms with Crippen LogP contribution in [0.4, 0.5) is 0 Å². The van der Waals surface area contributed by atoms with Gasteiger partial charge in [0.25, 0.3) is 0 Å². The molecule has 0 amide bonds. The molecule has 0 aliphatic heterocycles. The maximum absolute atomic E-state index is 11.8. The molecule has 0 saturated heterocycles. The fraction of sp³-hybridized carbons (Fsp3) is 0.417. The first kappa shape index (κ1) is 16.4. The van der Waals surface area contributed by atoms with Crippen LogP contribution in [0.3, 0.4) is 0 Å². The molecule has 0 fully saturated rings. The Labute approximate surface area is 126 Å². The number of halogens is 1. The van der Waals surface area contributed by atoms with Crippen molar-refractivity contribution in [2.75, 3.05) is 19.4 Å². The molecule has 0 bridgehead atoms. The summed E-state index contributed by atoms with van der Waals surface area (Å²) in [4.78, 5) is 11.1. The van der Waals surface area contributed by atoms with E-state index < -0.39 is 19.9 Å². The molecule has 1 N–H and O–H groups in total. The maximum Gasteiger partial charge on any atom is 0.319 e. The summed E-state index contributed by atoms with van der Waals surface area (Å²) in [6, 6.07) is 9.38. The van der Waals surface area contributed by atoms with Crippen molar-refractivity contribution in [1.29, 1.82) is 0 Å². The van der Waals surface area contributed by atoms with Gasteiger partial charge in [0.05, 0.1) is 12.9 Å². The van der Waals surface area contributed by atoms with Crippen LogP contribution >= 0.6 is 22.6 Å². The topological polar surface area (TPSA) is 72.5 Å². The molecule has 106 valence electrons. The van der Waals surface area contributed by atoms with Crippen LogP contribution in [-0.2, 0) is 26.0 Å². The van der Waals surface area contributed by atoms with Crippen molar-refractivity contribution >= 4 is 38.6 Å². The van der Waals surface area contributed by atoms with Crippen molar-refractivity contribution in [3.8, 4) is 0 Å². The van der Waals surface area contributed by atoms with Crippen LogP contribution in [0.5, 0.6) is 0 Å². The highest BCUT2D eigenvalue weighted by Gasteiger charge is 2.18. The number of benzene rings is 1. The van der Waals surface area contributed by atoms with Gasteiger partial charge in [0.15, 0.2) is 0 Å². The Morgan fingerprint density at radius 3 is 2.58 bits per heavy atom. The number of esters is 1. The van der Waals surface area contributed by atoms with Gasteiger partial charge in [-0.1, -0.05) is 52.9 Å². The van der Waals surface area contributed by atoms with Crippen molar-refractivity contribution in [2.24, 2.45) is 0 Å². The summed E-state index contributed by atoms with van der Waals surface area (Å²) in [5, 5.41) is 0. The summed E-state index contributed by atoms with van der Waals surface area (Å²) >= 11 is 1.85. The van der Waals surface area contributed by atoms with Gasteiger partial charge in [0, 0.05) is 6.54 Å². The Morgan fingerprint density at radius 2 is 2.00 bits per heavy atom. The summed E-state index contributed by atoms with van der Waals surface area (Å²) in [6.45, 7) is 0.0460. The van der Waals surface area contributed by atoms with Crippen LogP contribution in [-0.4, -0.2) is 37.7 Å². The standard InChI is InChI=1S/C12H16INO4S/c1-18-12(15)11(13)9-14-19(16,17)8-7-10-5-3-2-4-6-10/h2-6,11,14H,7-9H2,1H3. The lowest BCUT2D eigenvalue weighted by Crippen LogP contribution is -2.35. The van der Waals surface area contributed by atoms with Crippen molar-refractivity contribution in [3.63, 3.8) is 0 Å². The fourth-order valence-electron chi connectivity index (χ4n) is 1.38. The Kier molecular flexibility index (Phi) is 6.73.